The summed E-state index contributed by atoms with van der Waals surface area (Å²) in [4.78, 5) is 14.7. The maximum absolute atomic E-state index is 12.8. The molecule has 5 heteroatoms. The van der Waals surface area contributed by atoms with Crippen molar-refractivity contribution < 1.29 is 14.1 Å². The highest BCUT2D eigenvalue weighted by atomic mass is 16.5. The van der Waals surface area contributed by atoms with E-state index in [2.05, 4.69) is 12.1 Å². The monoisotopic (exact) mass is 318 g/mol. The predicted molar refractivity (Wildman–Crippen MR) is 85.3 cm³/mol. The number of hydrogen-bond donors (Lipinski definition) is 0. The molecule has 0 saturated heterocycles. The average Bonchev–Trinajstić information content (AvgIpc) is 3.07. The predicted octanol–water partition coefficient (Wildman–Crippen LogP) is 3.36. The van der Waals surface area contributed by atoms with Crippen LogP contribution in [0, 0.1) is 5.41 Å². The van der Waals surface area contributed by atoms with Crippen molar-refractivity contribution in [1.29, 1.82) is 0 Å². The van der Waals surface area contributed by atoms with Gasteiger partial charge in [-0.1, -0.05) is 18.0 Å². The number of carbonyl (C=O) groups is 1. The van der Waals surface area contributed by atoms with Crippen molar-refractivity contribution in [3.05, 3.63) is 17.5 Å². The Morgan fingerprint density at radius 1 is 1.43 bits per heavy atom. The molecule has 0 aliphatic heterocycles. The third-order valence-corrected chi connectivity index (χ3v) is 6.16. The lowest BCUT2D eigenvalue weighted by Gasteiger charge is -2.56. The van der Waals surface area contributed by atoms with Crippen LogP contribution >= 0.6 is 0 Å². The number of ether oxygens (including phenoxy) is 1. The summed E-state index contributed by atoms with van der Waals surface area (Å²) in [7, 11) is 1.92. The maximum Gasteiger partial charge on any atom is 0.276 e. The molecule has 4 rings (SSSR count). The van der Waals surface area contributed by atoms with Gasteiger partial charge in [-0.2, -0.15) is 0 Å². The van der Waals surface area contributed by atoms with Gasteiger partial charge in [-0.3, -0.25) is 4.79 Å². The number of hydrogen-bond acceptors (Lipinski definition) is 4. The van der Waals surface area contributed by atoms with Crippen molar-refractivity contribution in [3.63, 3.8) is 0 Å². The van der Waals surface area contributed by atoms with E-state index < -0.39 is 0 Å². The van der Waals surface area contributed by atoms with E-state index in [0.717, 1.165) is 31.6 Å². The second-order valence-corrected chi connectivity index (χ2v) is 7.44. The molecular weight excluding hydrogens is 292 g/mol. The highest BCUT2D eigenvalue weighted by Gasteiger charge is 2.59. The molecule has 1 aromatic rings. The zero-order valence-corrected chi connectivity index (χ0v) is 14.1. The second kappa shape index (κ2) is 5.62. The number of carbonyl (C=O) groups excluding carboxylic acids is 1. The third-order valence-electron chi connectivity index (χ3n) is 6.16. The van der Waals surface area contributed by atoms with Crippen molar-refractivity contribution in [2.45, 2.75) is 69.9 Å². The summed E-state index contributed by atoms with van der Waals surface area (Å²) in [5.74, 6) is 1.35. The quantitative estimate of drug-likeness (QED) is 0.835. The van der Waals surface area contributed by atoms with Gasteiger partial charge in [-0.05, 0) is 39.0 Å². The number of rotatable bonds is 5. The van der Waals surface area contributed by atoms with Crippen LogP contribution < -0.4 is 0 Å². The van der Waals surface area contributed by atoms with Crippen molar-refractivity contribution in [2.75, 3.05) is 13.7 Å². The van der Waals surface area contributed by atoms with Gasteiger partial charge in [0, 0.05) is 37.1 Å². The average molecular weight is 318 g/mol. The first-order valence-electron chi connectivity index (χ1n) is 9.01. The smallest absolute Gasteiger partial charge is 0.276 e. The Bertz CT molecular complexity index is 587. The fraction of sp³-hybridized carbons (Fsp3) is 0.778. The SMILES string of the molecule is CCO[C@@H]1C[C@H](N(C)C(=O)c2cc(C3CC3)on2)C12CCCC2. The van der Waals surface area contributed by atoms with Crippen LogP contribution in [-0.4, -0.2) is 41.8 Å². The van der Waals surface area contributed by atoms with Crippen molar-refractivity contribution in [3.8, 4) is 0 Å². The number of amides is 1. The molecule has 0 bridgehead atoms. The van der Waals surface area contributed by atoms with Crippen LogP contribution in [0.5, 0.6) is 0 Å². The summed E-state index contributed by atoms with van der Waals surface area (Å²) in [6.07, 6.45) is 8.41. The standard InChI is InChI=1S/C18H26N2O3/c1-3-22-16-11-15(18(16)8-4-5-9-18)20(2)17(21)13-10-14(23-19-13)12-6-7-12/h10,12,15-16H,3-9,11H2,1-2H3/t15-,16+/m0/s1. The Hall–Kier alpha value is -1.36. The van der Waals surface area contributed by atoms with Crippen molar-refractivity contribution >= 4 is 5.91 Å². The maximum atomic E-state index is 12.8. The molecule has 1 aromatic heterocycles. The van der Waals surface area contributed by atoms with Crippen molar-refractivity contribution in [1.82, 2.24) is 10.1 Å². The van der Waals surface area contributed by atoms with Gasteiger partial charge >= 0.3 is 0 Å². The van der Waals surface area contributed by atoms with E-state index in [9.17, 15) is 4.79 Å². The van der Waals surface area contributed by atoms with Gasteiger partial charge in [0.25, 0.3) is 5.91 Å². The number of nitrogens with zero attached hydrogens (tertiary/aromatic N) is 2. The first-order valence-corrected chi connectivity index (χ1v) is 9.01. The zero-order valence-electron chi connectivity index (χ0n) is 14.1. The Morgan fingerprint density at radius 3 is 2.83 bits per heavy atom. The van der Waals surface area contributed by atoms with Crippen molar-refractivity contribution in [2.24, 2.45) is 5.41 Å². The summed E-state index contributed by atoms with van der Waals surface area (Å²) >= 11 is 0. The second-order valence-electron chi connectivity index (χ2n) is 7.44. The minimum atomic E-state index is -0.00752. The van der Waals surface area contributed by atoms with Gasteiger partial charge in [0.15, 0.2) is 5.69 Å². The van der Waals surface area contributed by atoms with E-state index >= 15 is 0 Å². The van der Waals surface area contributed by atoms with Crippen LogP contribution in [0.15, 0.2) is 10.6 Å². The van der Waals surface area contributed by atoms with Crippen LogP contribution in [0.3, 0.4) is 0 Å². The summed E-state index contributed by atoms with van der Waals surface area (Å²) in [5.41, 5.74) is 0.631. The molecule has 2 atom stereocenters. The summed E-state index contributed by atoms with van der Waals surface area (Å²) in [6.45, 7) is 2.81. The normalized spacial score (nSPS) is 28.8. The topological polar surface area (TPSA) is 55.6 Å². The summed E-state index contributed by atoms with van der Waals surface area (Å²) < 4.78 is 11.3. The molecule has 5 nitrogen and oxygen atoms in total. The zero-order chi connectivity index (χ0) is 16.0. The highest BCUT2D eigenvalue weighted by molar-refractivity contribution is 5.92. The largest absolute Gasteiger partial charge is 0.378 e. The first-order chi connectivity index (χ1) is 11.2. The number of aromatic nitrogens is 1. The van der Waals surface area contributed by atoms with E-state index in [-0.39, 0.29) is 17.4 Å². The first kappa shape index (κ1) is 15.2. The summed E-state index contributed by atoms with van der Waals surface area (Å²) in [5, 5.41) is 4.01. The minimum absolute atomic E-state index is 0.00752. The molecule has 1 amide bonds. The van der Waals surface area contributed by atoms with Gasteiger partial charge in [-0.15, -0.1) is 0 Å². The summed E-state index contributed by atoms with van der Waals surface area (Å²) in [6, 6.07) is 2.12. The van der Waals surface area contributed by atoms with Gasteiger partial charge < -0.3 is 14.2 Å². The van der Waals surface area contributed by atoms with Crippen LogP contribution in [0.25, 0.3) is 0 Å². The van der Waals surface area contributed by atoms with Gasteiger partial charge in [-0.25, -0.2) is 0 Å². The van der Waals surface area contributed by atoms with E-state index in [1.807, 2.05) is 18.0 Å². The molecule has 1 spiro atoms. The van der Waals surface area contributed by atoms with E-state index in [0.29, 0.717) is 17.7 Å². The van der Waals surface area contributed by atoms with Crippen LogP contribution in [0.2, 0.25) is 0 Å². The van der Waals surface area contributed by atoms with Crippen LogP contribution in [0.4, 0.5) is 0 Å². The molecule has 1 heterocycles. The molecule has 3 fully saturated rings. The molecule has 126 valence electrons. The van der Waals surface area contributed by atoms with E-state index in [4.69, 9.17) is 9.26 Å². The molecule has 0 aromatic carbocycles. The Labute approximate surface area is 137 Å². The molecule has 0 N–H and O–H groups in total. The highest BCUT2D eigenvalue weighted by Crippen LogP contribution is 2.56. The lowest BCUT2D eigenvalue weighted by molar-refractivity contribution is -0.152. The minimum Gasteiger partial charge on any atom is -0.378 e. The van der Waals surface area contributed by atoms with Gasteiger partial charge in [0.2, 0.25) is 0 Å². The molecule has 3 saturated carbocycles. The van der Waals surface area contributed by atoms with E-state index in [1.54, 1.807) is 0 Å². The van der Waals surface area contributed by atoms with Crippen LogP contribution in [-0.2, 0) is 4.74 Å². The molecule has 0 radical (unpaired) electrons. The fourth-order valence-corrected chi connectivity index (χ4v) is 4.67. The lowest BCUT2D eigenvalue weighted by Crippen LogP contribution is -2.64. The van der Waals surface area contributed by atoms with Crippen LogP contribution in [0.1, 0.15) is 74.0 Å². The molecular formula is C18H26N2O3. The van der Waals surface area contributed by atoms with E-state index in [1.165, 1.54) is 25.7 Å². The third kappa shape index (κ3) is 2.40. The Morgan fingerprint density at radius 2 is 2.17 bits per heavy atom. The molecule has 23 heavy (non-hydrogen) atoms. The lowest BCUT2D eigenvalue weighted by atomic mass is 9.60. The van der Waals surface area contributed by atoms with Gasteiger partial charge in [0.1, 0.15) is 5.76 Å². The molecule has 3 aliphatic carbocycles. The Kier molecular flexibility index (Phi) is 3.71. The fourth-order valence-electron chi connectivity index (χ4n) is 4.67. The molecule has 3 aliphatic rings. The van der Waals surface area contributed by atoms with Gasteiger partial charge in [0.05, 0.1) is 6.10 Å². The Balaban J connectivity index is 1.49. The molecule has 0 unspecified atom stereocenters.